The highest BCUT2D eigenvalue weighted by molar-refractivity contribution is 5.51. The summed E-state index contributed by atoms with van der Waals surface area (Å²) in [4.78, 5) is 8.50. The predicted octanol–water partition coefficient (Wildman–Crippen LogP) is 2.67. The maximum Gasteiger partial charge on any atom is 0.416 e. The third kappa shape index (κ3) is 3.58. The molecule has 0 bridgehead atoms. The van der Waals surface area contributed by atoms with Crippen LogP contribution in [-0.4, -0.2) is 49.2 Å². The third-order valence-corrected chi connectivity index (χ3v) is 3.89. The molecule has 21 heavy (non-hydrogen) atoms. The zero-order valence-electron chi connectivity index (χ0n) is 12.5. The molecule has 2 heterocycles. The number of alkyl halides is 3. The predicted molar refractivity (Wildman–Crippen MR) is 77.7 cm³/mol. The number of anilines is 2. The Morgan fingerprint density at radius 2 is 2.05 bits per heavy atom. The van der Waals surface area contributed by atoms with Gasteiger partial charge in [-0.25, -0.2) is 4.98 Å². The zero-order chi connectivity index (χ0) is 15.6. The molecule has 118 valence electrons. The van der Waals surface area contributed by atoms with Gasteiger partial charge in [0.15, 0.2) is 0 Å². The normalized spacial score (nSPS) is 20.7. The van der Waals surface area contributed by atoms with Crippen LogP contribution in [0.15, 0.2) is 12.1 Å². The van der Waals surface area contributed by atoms with Crippen molar-refractivity contribution in [3.63, 3.8) is 0 Å². The minimum atomic E-state index is -4.36. The van der Waals surface area contributed by atoms with Crippen LogP contribution in [-0.2, 0) is 6.18 Å². The minimum Gasteiger partial charge on any atom is -0.373 e. The molecule has 1 fully saturated rings. The van der Waals surface area contributed by atoms with Gasteiger partial charge in [-0.2, -0.15) is 13.2 Å². The lowest BCUT2D eigenvalue weighted by atomic mass is 10.1. The van der Waals surface area contributed by atoms with E-state index in [1.54, 1.807) is 7.05 Å². The third-order valence-electron chi connectivity index (χ3n) is 3.89. The molecule has 1 N–H and O–H groups in total. The van der Waals surface area contributed by atoms with Gasteiger partial charge < -0.3 is 10.2 Å². The highest BCUT2D eigenvalue weighted by atomic mass is 19.4. The van der Waals surface area contributed by atoms with Gasteiger partial charge in [-0.15, -0.1) is 0 Å². The second-order valence-electron chi connectivity index (χ2n) is 5.27. The zero-order valence-corrected chi connectivity index (χ0v) is 12.5. The number of likely N-dealkylation sites (N-methyl/N-ethyl adjacent to an activating group) is 1. The van der Waals surface area contributed by atoms with Gasteiger partial charge in [-0.3, -0.25) is 4.90 Å². The second kappa shape index (κ2) is 6.09. The summed E-state index contributed by atoms with van der Waals surface area (Å²) in [5, 5.41) is 2.70. The summed E-state index contributed by atoms with van der Waals surface area (Å²) in [7, 11) is 1.57. The first kappa shape index (κ1) is 15.9. The molecular formula is C14H21F3N4. The minimum absolute atomic E-state index is 0.241. The van der Waals surface area contributed by atoms with Crippen LogP contribution in [0, 0.1) is 0 Å². The monoisotopic (exact) mass is 302 g/mol. The summed E-state index contributed by atoms with van der Waals surface area (Å²) in [5.74, 6) is 0.627. The average Bonchev–Trinajstić information content (AvgIpc) is 2.45. The van der Waals surface area contributed by atoms with E-state index in [0.717, 1.165) is 25.2 Å². The van der Waals surface area contributed by atoms with Crippen molar-refractivity contribution in [2.75, 3.05) is 43.4 Å². The van der Waals surface area contributed by atoms with Crippen molar-refractivity contribution in [1.29, 1.82) is 0 Å². The van der Waals surface area contributed by atoms with Crippen LogP contribution >= 0.6 is 0 Å². The molecule has 2 rings (SSSR count). The molecule has 1 aromatic heterocycles. The summed E-state index contributed by atoms with van der Waals surface area (Å²) >= 11 is 0. The van der Waals surface area contributed by atoms with Gasteiger partial charge in [0.25, 0.3) is 0 Å². The number of piperazine rings is 1. The molecule has 0 spiro atoms. The highest BCUT2D eigenvalue weighted by Crippen LogP contribution is 2.33. The number of aromatic nitrogens is 1. The first-order chi connectivity index (χ1) is 9.85. The molecule has 1 aliphatic heterocycles. The van der Waals surface area contributed by atoms with Gasteiger partial charge >= 0.3 is 6.18 Å². The van der Waals surface area contributed by atoms with Crippen LogP contribution < -0.4 is 10.2 Å². The molecule has 1 aliphatic rings. The van der Waals surface area contributed by atoms with E-state index in [1.807, 2.05) is 4.90 Å². The molecule has 1 saturated heterocycles. The van der Waals surface area contributed by atoms with Crippen LogP contribution in [0.2, 0.25) is 0 Å². The van der Waals surface area contributed by atoms with Crippen molar-refractivity contribution < 1.29 is 13.2 Å². The molecule has 0 amide bonds. The molecule has 0 aromatic carbocycles. The van der Waals surface area contributed by atoms with Crippen LogP contribution in [0.25, 0.3) is 0 Å². The van der Waals surface area contributed by atoms with E-state index < -0.39 is 11.7 Å². The van der Waals surface area contributed by atoms with Gasteiger partial charge in [-0.05, 0) is 25.6 Å². The Hall–Kier alpha value is -1.50. The van der Waals surface area contributed by atoms with Crippen molar-refractivity contribution in [2.45, 2.75) is 26.1 Å². The van der Waals surface area contributed by atoms with Gasteiger partial charge in [-0.1, -0.05) is 6.92 Å². The summed E-state index contributed by atoms with van der Waals surface area (Å²) < 4.78 is 38.9. The van der Waals surface area contributed by atoms with Crippen molar-refractivity contribution in [1.82, 2.24) is 9.88 Å². The quantitative estimate of drug-likeness (QED) is 0.930. The molecule has 0 radical (unpaired) electrons. The number of rotatable bonds is 3. The largest absolute Gasteiger partial charge is 0.416 e. The highest BCUT2D eigenvalue weighted by Gasteiger charge is 2.33. The Labute approximate surface area is 122 Å². The smallest absolute Gasteiger partial charge is 0.373 e. The van der Waals surface area contributed by atoms with Crippen molar-refractivity contribution >= 4 is 11.6 Å². The average molecular weight is 302 g/mol. The first-order valence-corrected chi connectivity index (χ1v) is 7.11. The fourth-order valence-electron chi connectivity index (χ4n) is 2.64. The Kier molecular flexibility index (Phi) is 4.61. The summed E-state index contributed by atoms with van der Waals surface area (Å²) in [5.41, 5.74) is -0.664. The molecular weight excluding hydrogens is 281 g/mol. The summed E-state index contributed by atoms with van der Waals surface area (Å²) in [6, 6.07) is 2.47. The van der Waals surface area contributed by atoms with Gasteiger partial charge in [0.05, 0.1) is 5.56 Å². The number of hydrogen-bond donors (Lipinski definition) is 1. The molecule has 1 atom stereocenters. The fourth-order valence-corrected chi connectivity index (χ4v) is 2.64. The van der Waals surface area contributed by atoms with Crippen LogP contribution in [0.5, 0.6) is 0 Å². The second-order valence-corrected chi connectivity index (χ2v) is 5.27. The SMILES string of the molecule is CCN1CCN(c2cc(C(F)(F)F)cc(NC)n2)CC1C. The van der Waals surface area contributed by atoms with Crippen LogP contribution in [0.1, 0.15) is 19.4 Å². The Bertz CT molecular complexity index is 490. The van der Waals surface area contributed by atoms with Gasteiger partial charge in [0, 0.05) is 32.7 Å². The molecule has 0 aliphatic carbocycles. The lowest BCUT2D eigenvalue weighted by molar-refractivity contribution is -0.137. The number of nitrogens with one attached hydrogen (secondary N) is 1. The van der Waals surface area contributed by atoms with Crippen molar-refractivity contribution in [3.05, 3.63) is 17.7 Å². The van der Waals surface area contributed by atoms with Crippen molar-refractivity contribution in [2.24, 2.45) is 0 Å². The van der Waals surface area contributed by atoms with E-state index in [-0.39, 0.29) is 5.82 Å². The van der Waals surface area contributed by atoms with E-state index in [1.165, 1.54) is 0 Å². The summed E-state index contributed by atoms with van der Waals surface area (Å²) in [6.45, 7) is 7.34. The lowest BCUT2D eigenvalue weighted by Crippen LogP contribution is -2.52. The first-order valence-electron chi connectivity index (χ1n) is 7.11. The maximum atomic E-state index is 13.0. The topological polar surface area (TPSA) is 31.4 Å². The van der Waals surface area contributed by atoms with E-state index in [9.17, 15) is 13.2 Å². The molecule has 4 nitrogen and oxygen atoms in total. The number of halogens is 3. The van der Waals surface area contributed by atoms with E-state index in [2.05, 4.69) is 29.0 Å². The Balaban J connectivity index is 2.27. The number of pyridine rings is 1. The van der Waals surface area contributed by atoms with Gasteiger partial charge in [0.2, 0.25) is 0 Å². The van der Waals surface area contributed by atoms with E-state index in [4.69, 9.17) is 0 Å². The van der Waals surface area contributed by atoms with E-state index >= 15 is 0 Å². The maximum absolute atomic E-state index is 13.0. The Morgan fingerprint density at radius 3 is 2.57 bits per heavy atom. The van der Waals surface area contributed by atoms with Crippen LogP contribution in [0.3, 0.4) is 0 Å². The van der Waals surface area contributed by atoms with Gasteiger partial charge in [0.1, 0.15) is 11.6 Å². The molecule has 1 aromatic rings. The molecule has 1 unspecified atom stereocenters. The summed E-state index contributed by atoms with van der Waals surface area (Å²) in [6.07, 6.45) is -4.36. The lowest BCUT2D eigenvalue weighted by Gasteiger charge is -2.40. The number of hydrogen-bond acceptors (Lipinski definition) is 4. The molecule has 0 saturated carbocycles. The standard InChI is InChI=1S/C14H21F3N4/c1-4-20-5-6-21(9-10(20)2)13-8-11(14(15,16)17)7-12(18-3)19-13/h7-8,10H,4-6,9H2,1-3H3,(H,18,19). The number of nitrogens with zero attached hydrogens (tertiary/aromatic N) is 3. The van der Waals surface area contributed by atoms with Crippen LogP contribution in [0.4, 0.5) is 24.8 Å². The van der Waals surface area contributed by atoms with E-state index in [0.29, 0.717) is 24.9 Å². The Morgan fingerprint density at radius 1 is 1.33 bits per heavy atom. The molecule has 7 heteroatoms. The van der Waals surface area contributed by atoms with Crippen molar-refractivity contribution in [3.8, 4) is 0 Å². The fraction of sp³-hybridized carbons (Fsp3) is 0.643.